The normalized spacial score (nSPS) is 22.9. The fraction of sp³-hybridized carbons (Fsp3) is 0.450. The van der Waals surface area contributed by atoms with E-state index in [1.165, 1.54) is 18.0 Å². The van der Waals surface area contributed by atoms with Gasteiger partial charge in [0.2, 0.25) is 5.91 Å². The van der Waals surface area contributed by atoms with Crippen LogP contribution in [0, 0.1) is 5.92 Å². The lowest BCUT2D eigenvalue weighted by Crippen LogP contribution is -2.48. The molecule has 6 heteroatoms. The number of H-pyrrole nitrogens is 1. The first-order valence-electron chi connectivity index (χ1n) is 8.89. The maximum absolute atomic E-state index is 13.3. The molecule has 1 aliphatic carbocycles. The summed E-state index contributed by atoms with van der Waals surface area (Å²) in [5, 5.41) is 1.21. The maximum atomic E-state index is 13.3. The van der Waals surface area contributed by atoms with Gasteiger partial charge < -0.3 is 9.88 Å². The molecule has 0 radical (unpaired) electrons. The van der Waals surface area contributed by atoms with Crippen LogP contribution in [0.4, 0.5) is 8.78 Å². The van der Waals surface area contributed by atoms with Crippen LogP contribution in [0.2, 0.25) is 0 Å². The van der Waals surface area contributed by atoms with E-state index in [1.807, 2.05) is 19.2 Å². The standard InChI is InChI=1S/C20H23F2N3O/c1-20(21,22)11-25(3)19(26)13-7-15-14-5-4-6-16-18(14)12(9-23-16)8-17(15)24(2)10-13/h4-7,9,13,17,23H,8,10-11H2,1-3H3. The Hall–Kier alpha value is -2.21. The number of rotatable bonds is 3. The van der Waals surface area contributed by atoms with Gasteiger partial charge in [0.15, 0.2) is 0 Å². The van der Waals surface area contributed by atoms with Crippen LogP contribution in [0.3, 0.4) is 0 Å². The number of carbonyl (C=O) groups is 1. The number of halogens is 2. The van der Waals surface area contributed by atoms with Gasteiger partial charge in [-0.1, -0.05) is 18.2 Å². The second-order valence-electron chi connectivity index (χ2n) is 7.69. The Morgan fingerprint density at radius 2 is 2.19 bits per heavy atom. The molecule has 2 aromatic rings. The number of nitrogens with zero attached hydrogens (tertiary/aromatic N) is 2. The summed E-state index contributed by atoms with van der Waals surface area (Å²) in [5.41, 5.74) is 4.65. The summed E-state index contributed by atoms with van der Waals surface area (Å²) in [6.45, 7) is 0.825. The Morgan fingerprint density at radius 1 is 1.42 bits per heavy atom. The molecule has 2 unspecified atom stereocenters. The monoisotopic (exact) mass is 359 g/mol. The largest absolute Gasteiger partial charge is 0.361 e. The van der Waals surface area contributed by atoms with Crippen molar-refractivity contribution in [2.24, 2.45) is 5.92 Å². The summed E-state index contributed by atoms with van der Waals surface area (Å²) in [6.07, 6.45) is 4.96. The van der Waals surface area contributed by atoms with Gasteiger partial charge in [-0.25, -0.2) is 8.78 Å². The highest BCUT2D eigenvalue weighted by atomic mass is 19.3. The fourth-order valence-electron chi connectivity index (χ4n) is 4.38. The number of carbonyl (C=O) groups excluding carboxylic acids is 1. The van der Waals surface area contributed by atoms with Gasteiger partial charge in [-0.05, 0) is 36.2 Å². The van der Waals surface area contributed by atoms with Crippen molar-refractivity contribution in [3.63, 3.8) is 0 Å². The average molecular weight is 359 g/mol. The molecule has 4 nitrogen and oxygen atoms in total. The van der Waals surface area contributed by atoms with Gasteiger partial charge in [0.25, 0.3) is 5.92 Å². The van der Waals surface area contributed by atoms with E-state index in [1.54, 1.807) is 0 Å². The van der Waals surface area contributed by atoms with Gasteiger partial charge in [0, 0.05) is 43.7 Å². The average Bonchev–Trinajstić information content (AvgIpc) is 2.98. The van der Waals surface area contributed by atoms with E-state index < -0.39 is 18.4 Å². The topological polar surface area (TPSA) is 39.3 Å². The Balaban J connectivity index is 1.71. The lowest BCUT2D eigenvalue weighted by atomic mass is 9.79. The highest BCUT2D eigenvalue weighted by molar-refractivity contribution is 5.99. The Morgan fingerprint density at radius 3 is 2.92 bits per heavy atom. The number of likely N-dealkylation sites (N-methyl/N-ethyl adjacent to an activating group) is 1. The molecule has 2 aliphatic rings. The number of hydrogen-bond acceptors (Lipinski definition) is 2. The lowest BCUT2D eigenvalue weighted by molar-refractivity contribution is -0.137. The van der Waals surface area contributed by atoms with Gasteiger partial charge in [0.05, 0.1) is 12.5 Å². The van der Waals surface area contributed by atoms with Crippen molar-refractivity contribution < 1.29 is 13.6 Å². The molecule has 4 rings (SSSR count). The summed E-state index contributed by atoms with van der Waals surface area (Å²) >= 11 is 0. The third-order valence-electron chi connectivity index (χ3n) is 5.48. The van der Waals surface area contributed by atoms with E-state index in [9.17, 15) is 13.6 Å². The van der Waals surface area contributed by atoms with Gasteiger partial charge in [-0.2, -0.15) is 0 Å². The minimum absolute atomic E-state index is 0.214. The first-order chi connectivity index (χ1) is 12.2. The number of aromatic nitrogens is 1. The van der Waals surface area contributed by atoms with Crippen LogP contribution in [0.1, 0.15) is 18.1 Å². The summed E-state index contributed by atoms with van der Waals surface area (Å²) in [4.78, 5) is 19.4. The van der Waals surface area contributed by atoms with Gasteiger partial charge in [-0.15, -0.1) is 0 Å². The van der Waals surface area contributed by atoms with Crippen molar-refractivity contribution in [1.29, 1.82) is 0 Å². The molecule has 2 atom stereocenters. The lowest BCUT2D eigenvalue weighted by Gasteiger charge is -2.40. The predicted molar refractivity (Wildman–Crippen MR) is 98.1 cm³/mol. The summed E-state index contributed by atoms with van der Waals surface area (Å²) < 4.78 is 26.6. The smallest absolute Gasteiger partial charge is 0.262 e. The number of amides is 1. The number of aromatic amines is 1. The van der Waals surface area contributed by atoms with Crippen molar-refractivity contribution >= 4 is 22.4 Å². The molecule has 0 saturated carbocycles. The van der Waals surface area contributed by atoms with Gasteiger partial charge in [0.1, 0.15) is 0 Å². The molecule has 138 valence electrons. The first-order valence-corrected chi connectivity index (χ1v) is 8.89. The van der Waals surface area contributed by atoms with Crippen molar-refractivity contribution in [3.05, 3.63) is 41.6 Å². The zero-order chi connectivity index (χ0) is 18.6. The van der Waals surface area contributed by atoms with E-state index in [0.29, 0.717) is 6.54 Å². The summed E-state index contributed by atoms with van der Waals surface area (Å²) in [6, 6.07) is 6.36. The van der Waals surface area contributed by atoms with Gasteiger partial charge >= 0.3 is 0 Å². The molecular weight excluding hydrogens is 336 g/mol. The third-order valence-corrected chi connectivity index (χ3v) is 5.48. The number of fused-ring (bicyclic) bond motifs is 2. The van der Waals surface area contributed by atoms with Crippen LogP contribution in [0.15, 0.2) is 30.5 Å². The van der Waals surface area contributed by atoms with Crippen LogP contribution in [0.25, 0.3) is 16.5 Å². The molecular formula is C20H23F2N3O. The van der Waals surface area contributed by atoms with Crippen LogP contribution < -0.4 is 0 Å². The first kappa shape index (κ1) is 17.2. The van der Waals surface area contributed by atoms with Crippen molar-refractivity contribution in [3.8, 4) is 0 Å². The van der Waals surface area contributed by atoms with E-state index in [-0.39, 0.29) is 11.9 Å². The number of hydrogen-bond donors (Lipinski definition) is 1. The fourth-order valence-corrected chi connectivity index (χ4v) is 4.38. The van der Waals surface area contributed by atoms with Crippen LogP contribution in [0.5, 0.6) is 0 Å². The predicted octanol–water partition coefficient (Wildman–Crippen LogP) is 3.15. The number of alkyl halides is 2. The molecule has 2 heterocycles. The van der Waals surface area contributed by atoms with Crippen molar-refractivity contribution in [2.45, 2.75) is 25.3 Å². The molecule has 0 spiro atoms. The van der Waals surface area contributed by atoms with E-state index in [0.717, 1.165) is 34.9 Å². The number of benzene rings is 1. The summed E-state index contributed by atoms with van der Waals surface area (Å²) in [5.74, 6) is -3.55. The molecule has 1 aromatic heterocycles. The van der Waals surface area contributed by atoms with E-state index in [4.69, 9.17) is 0 Å². The molecule has 0 saturated heterocycles. The molecule has 1 N–H and O–H groups in total. The van der Waals surface area contributed by atoms with Crippen LogP contribution >= 0.6 is 0 Å². The second kappa shape index (κ2) is 5.91. The van der Waals surface area contributed by atoms with Gasteiger partial charge in [-0.3, -0.25) is 9.69 Å². The Labute approximate surface area is 151 Å². The molecule has 1 amide bonds. The zero-order valence-corrected chi connectivity index (χ0v) is 15.2. The Bertz CT molecular complexity index is 896. The minimum atomic E-state index is -2.89. The van der Waals surface area contributed by atoms with E-state index >= 15 is 0 Å². The minimum Gasteiger partial charge on any atom is -0.361 e. The molecule has 26 heavy (non-hydrogen) atoms. The quantitative estimate of drug-likeness (QED) is 0.914. The molecule has 1 aromatic carbocycles. The molecule has 1 aliphatic heterocycles. The third kappa shape index (κ3) is 2.82. The molecule has 0 bridgehead atoms. The molecule has 0 fully saturated rings. The van der Waals surface area contributed by atoms with Crippen LogP contribution in [-0.4, -0.2) is 59.8 Å². The SMILES string of the molecule is CN(CC(C)(F)F)C(=O)C1C=C2c3cccc4[nH]cc(c34)CC2N(C)C1. The highest BCUT2D eigenvalue weighted by Gasteiger charge is 2.37. The second-order valence-corrected chi connectivity index (χ2v) is 7.69. The maximum Gasteiger partial charge on any atom is 0.262 e. The van der Waals surface area contributed by atoms with Crippen molar-refractivity contribution in [1.82, 2.24) is 14.8 Å². The highest BCUT2D eigenvalue weighted by Crippen LogP contribution is 2.40. The zero-order valence-electron chi connectivity index (χ0n) is 15.2. The summed E-state index contributed by atoms with van der Waals surface area (Å²) in [7, 11) is 3.46. The van der Waals surface area contributed by atoms with Crippen LogP contribution in [-0.2, 0) is 11.2 Å². The van der Waals surface area contributed by atoms with E-state index in [2.05, 4.69) is 28.2 Å². The Kier molecular flexibility index (Phi) is 3.91. The van der Waals surface area contributed by atoms with Crippen molar-refractivity contribution in [2.75, 3.05) is 27.2 Å². The number of nitrogens with one attached hydrogen (secondary N) is 1.